The maximum atomic E-state index is 4.36. The molecule has 4 heteroatoms. The number of tetrazole rings is 1. The van der Waals surface area contributed by atoms with Crippen molar-refractivity contribution in [3.8, 4) is 5.69 Å². The molecule has 1 aromatic heterocycles. The lowest BCUT2D eigenvalue weighted by Gasteiger charge is -2.41. The Balaban J connectivity index is 1.25. The summed E-state index contributed by atoms with van der Waals surface area (Å²) in [5, 5.41) is 18.1. The Labute approximate surface area is 222 Å². The first-order valence-electron chi connectivity index (χ1n) is 13.4. The van der Waals surface area contributed by atoms with E-state index < -0.39 is 0 Å². The number of nitrogens with zero attached hydrogens (tertiary/aromatic N) is 4. The van der Waals surface area contributed by atoms with Crippen LogP contribution in [0.15, 0.2) is 103 Å². The van der Waals surface area contributed by atoms with Crippen LogP contribution in [0.3, 0.4) is 0 Å². The first-order valence-corrected chi connectivity index (χ1v) is 13.4. The molecule has 5 aromatic carbocycles. The number of fused-ring (bicyclic) bond motifs is 5. The number of hydrogen-bond donors (Lipinski definition) is 0. The van der Waals surface area contributed by atoms with E-state index in [0.29, 0.717) is 12.3 Å². The lowest BCUT2D eigenvalue weighted by molar-refractivity contribution is 0.264. The van der Waals surface area contributed by atoms with E-state index in [2.05, 4.69) is 126 Å². The van der Waals surface area contributed by atoms with Crippen LogP contribution in [0, 0.1) is 5.41 Å². The van der Waals surface area contributed by atoms with E-state index in [1.54, 1.807) is 0 Å². The highest BCUT2D eigenvalue weighted by Gasteiger charge is 2.37. The summed E-state index contributed by atoms with van der Waals surface area (Å²) in [5.41, 5.74) is 6.65. The van der Waals surface area contributed by atoms with Gasteiger partial charge in [0, 0.05) is 6.42 Å². The van der Waals surface area contributed by atoms with E-state index in [-0.39, 0.29) is 5.41 Å². The molecule has 0 fully saturated rings. The highest BCUT2D eigenvalue weighted by Crippen LogP contribution is 2.48. The quantitative estimate of drug-likeness (QED) is 0.239. The summed E-state index contributed by atoms with van der Waals surface area (Å²) in [6.45, 7) is 4.84. The second-order valence-corrected chi connectivity index (χ2v) is 11.3. The minimum absolute atomic E-state index is 0.110. The third-order valence-corrected chi connectivity index (χ3v) is 8.39. The molecule has 6 aromatic rings. The monoisotopic (exact) mass is 494 g/mol. The second kappa shape index (κ2) is 8.91. The first-order chi connectivity index (χ1) is 18.6. The second-order valence-electron chi connectivity index (χ2n) is 11.3. The van der Waals surface area contributed by atoms with Crippen LogP contribution in [0.1, 0.15) is 47.8 Å². The molecule has 0 N–H and O–H groups in total. The van der Waals surface area contributed by atoms with Gasteiger partial charge in [0.2, 0.25) is 0 Å². The molecule has 0 saturated carbocycles. The van der Waals surface area contributed by atoms with Gasteiger partial charge in [-0.25, -0.2) is 0 Å². The van der Waals surface area contributed by atoms with Crippen LogP contribution in [0.5, 0.6) is 0 Å². The molecule has 0 bridgehead atoms. The molecule has 0 amide bonds. The molecular weight excluding hydrogens is 464 g/mol. The molecule has 38 heavy (non-hydrogen) atoms. The molecule has 1 heterocycles. The van der Waals surface area contributed by atoms with E-state index in [1.807, 2.05) is 10.7 Å². The number of aromatic nitrogens is 4. The highest BCUT2D eigenvalue weighted by molar-refractivity contribution is 6.08. The van der Waals surface area contributed by atoms with E-state index in [1.165, 1.54) is 43.8 Å². The zero-order valence-corrected chi connectivity index (χ0v) is 21.8. The average Bonchev–Trinajstić information content (AvgIpc) is 3.40. The van der Waals surface area contributed by atoms with Gasteiger partial charge >= 0.3 is 0 Å². The number of hydrogen-bond acceptors (Lipinski definition) is 3. The Morgan fingerprint density at radius 2 is 1.61 bits per heavy atom. The SMILES string of the molecule is CC1(C)Cc2c(ccc3c2ccc2ccccc23)CC1c1cccc(-n2nnnc2Cc2ccccc2)c1. The molecule has 1 aliphatic carbocycles. The van der Waals surface area contributed by atoms with Gasteiger partial charge in [-0.1, -0.05) is 105 Å². The van der Waals surface area contributed by atoms with Crippen LogP contribution < -0.4 is 0 Å². The van der Waals surface area contributed by atoms with E-state index in [4.69, 9.17) is 0 Å². The van der Waals surface area contributed by atoms with Gasteiger partial charge in [-0.3, -0.25) is 0 Å². The molecule has 0 aliphatic heterocycles. The molecule has 1 unspecified atom stereocenters. The molecule has 0 spiro atoms. The predicted molar refractivity (Wildman–Crippen MR) is 154 cm³/mol. The fourth-order valence-corrected chi connectivity index (χ4v) is 6.41. The van der Waals surface area contributed by atoms with Crippen LogP contribution in [-0.2, 0) is 19.3 Å². The minimum atomic E-state index is 0.110. The summed E-state index contributed by atoms with van der Waals surface area (Å²) in [6, 6.07) is 37.2. The molecule has 0 radical (unpaired) electrons. The molecule has 1 atom stereocenters. The van der Waals surface area contributed by atoms with Crippen molar-refractivity contribution in [1.29, 1.82) is 0 Å². The molecule has 186 valence electrons. The molecule has 7 rings (SSSR count). The van der Waals surface area contributed by atoms with E-state index in [0.717, 1.165) is 24.4 Å². The van der Waals surface area contributed by atoms with Crippen LogP contribution in [0.25, 0.3) is 27.2 Å². The van der Waals surface area contributed by atoms with Crippen molar-refractivity contribution in [3.63, 3.8) is 0 Å². The lowest BCUT2D eigenvalue weighted by Crippen LogP contribution is -2.31. The molecule has 0 saturated heterocycles. The van der Waals surface area contributed by atoms with Gasteiger partial charge in [0.15, 0.2) is 5.82 Å². The maximum Gasteiger partial charge on any atom is 0.161 e. The fourth-order valence-electron chi connectivity index (χ4n) is 6.41. The molecular formula is C34H30N4. The van der Waals surface area contributed by atoms with Crippen LogP contribution in [-0.4, -0.2) is 20.2 Å². The van der Waals surface area contributed by atoms with Crippen molar-refractivity contribution in [3.05, 3.63) is 131 Å². The van der Waals surface area contributed by atoms with Gasteiger partial charge in [-0.15, -0.1) is 5.10 Å². The Hall–Kier alpha value is -4.31. The van der Waals surface area contributed by atoms with Crippen molar-refractivity contribution in [2.24, 2.45) is 5.41 Å². The van der Waals surface area contributed by atoms with Gasteiger partial charge in [-0.05, 0) is 90.5 Å². The zero-order valence-electron chi connectivity index (χ0n) is 21.8. The van der Waals surface area contributed by atoms with Crippen molar-refractivity contribution in [1.82, 2.24) is 20.2 Å². The number of rotatable bonds is 4. The lowest BCUT2D eigenvalue weighted by atomic mass is 9.63. The van der Waals surface area contributed by atoms with Gasteiger partial charge in [0.1, 0.15) is 0 Å². The van der Waals surface area contributed by atoms with E-state index >= 15 is 0 Å². The van der Waals surface area contributed by atoms with Crippen molar-refractivity contribution >= 4 is 21.5 Å². The smallest absolute Gasteiger partial charge is 0.161 e. The van der Waals surface area contributed by atoms with Crippen LogP contribution in [0.2, 0.25) is 0 Å². The van der Waals surface area contributed by atoms with Crippen molar-refractivity contribution in [2.75, 3.05) is 0 Å². The molecule has 4 nitrogen and oxygen atoms in total. The number of benzene rings is 5. The normalized spacial score (nSPS) is 16.5. The highest BCUT2D eigenvalue weighted by atomic mass is 15.5. The van der Waals surface area contributed by atoms with Gasteiger partial charge in [0.25, 0.3) is 0 Å². The Kier molecular flexibility index (Phi) is 5.36. The summed E-state index contributed by atoms with van der Waals surface area (Å²) >= 11 is 0. The average molecular weight is 495 g/mol. The topological polar surface area (TPSA) is 43.6 Å². The standard InChI is InChI=1S/C34H30N4/c1-34(2)22-31-25(16-18-29-28-14-7-6-11-24(28)15-17-30(29)31)21-32(34)26-12-8-13-27(20-26)38-33(35-36-37-38)19-23-9-4-3-5-10-23/h3-18,20,32H,19,21-22H2,1-2H3. The minimum Gasteiger partial charge on any atom is -0.197 e. The van der Waals surface area contributed by atoms with Gasteiger partial charge in [-0.2, -0.15) is 4.68 Å². The van der Waals surface area contributed by atoms with Crippen LogP contribution >= 0.6 is 0 Å². The Morgan fingerprint density at radius 3 is 2.50 bits per heavy atom. The Bertz CT molecular complexity index is 1780. The van der Waals surface area contributed by atoms with Crippen molar-refractivity contribution in [2.45, 2.75) is 39.0 Å². The fraction of sp³-hybridized carbons (Fsp3) is 0.206. The predicted octanol–water partition coefficient (Wildman–Crippen LogP) is 7.47. The van der Waals surface area contributed by atoms with E-state index in [9.17, 15) is 0 Å². The van der Waals surface area contributed by atoms with Gasteiger partial charge in [0.05, 0.1) is 5.69 Å². The van der Waals surface area contributed by atoms with Crippen molar-refractivity contribution < 1.29 is 0 Å². The largest absolute Gasteiger partial charge is 0.197 e. The maximum absolute atomic E-state index is 4.36. The summed E-state index contributed by atoms with van der Waals surface area (Å²) < 4.78 is 1.89. The summed E-state index contributed by atoms with van der Waals surface area (Å²) in [7, 11) is 0. The Morgan fingerprint density at radius 1 is 0.789 bits per heavy atom. The first kappa shape index (κ1) is 22.9. The summed E-state index contributed by atoms with van der Waals surface area (Å²) in [5.74, 6) is 1.25. The third-order valence-electron chi connectivity index (χ3n) is 8.39. The van der Waals surface area contributed by atoms with Crippen LogP contribution in [0.4, 0.5) is 0 Å². The summed E-state index contributed by atoms with van der Waals surface area (Å²) in [4.78, 5) is 0. The van der Waals surface area contributed by atoms with Gasteiger partial charge < -0.3 is 0 Å². The molecule has 1 aliphatic rings. The third kappa shape index (κ3) is 3.88. The summed E-state index contributed by atoms with van der Waals surface area (Å²) in [6.07, 6.45) is 2.78. The zero-order chi connectivity index (χ0) is 25.7.